The molecule has 0 fully saturated rings. The van der Waals surface area contributed by atoms with Crippen LogP contribution in [0.25, 0.3) is 0 Å². The number of rotatable bonds is 4. The molecule has 0 aromatic carbocycles. The van der Waals surface area contributed by atoms with Crippen molar-refractivity contribution in [2.75, 3.05) is 0 Å². The Labute approximate surface area is 147 Å². The SMILES string of the molecule is CCCn1nc(Br)c(Br)n1.CCCn1nc(Cl)c(Br)n1. The van der Waals surface area contributed by atoms with E-state index in [0.29, 0.717) is 9.76 Å². The third kappa shape index (κ3) is 5.79. The first-order chi connectivity index (χ1) is 9.47. The number of aryl methyl sites for hydroxylation is 2. The molecule has 0 aliphatic carbocycles. The van der Waals surface area contributed by atoms with Crippen molar-refractivity contribution in [1.82, 2.24) is 30.0 Å². The van der Waals surface area contributed by atoms with Crippen LogP contribution in [0, 0.1) is 0 Å². The van der Waals surface area contributed by atoms with Crippen LogP contribution in [0.1, 0.15) is 26.7 Å². The standard InChI is InChI=1S/C5H7Br2N3.C5H7BrClN3/c2*1-2-3-10-8-4(6)5(7)9-10/h2*2-3H2,1H3. The summed E-state index contributed by atoms with van der Waals surface area (Å²) in [5.41, 5.74) is 0. The molecule has 10 heteroatoms. The number of hydrogen-bond acceptors (Lipinski definition) is 4. The van der Waals surface area contributed by atoms with Crippen LogP contribution in [0.4, 0.5) is 0 Å². The zero-order chi connectivity index (χ0) is 15.1. The molecule has 0 saturated heterocycles. The van der Waals surface area contributed by atoms with Crippen molar-refractivity contribution < 1.29 is 0 Å². The van der Waals surface area contributed by atoms with Crippen molar-refractivity contribution in [3.63, 3.8) is 0 Å². The maximum absolute atomic E-state index is 5.62. The third-order valence-electron chi connectivity index (χ3n) is 2.00. The van der Waals surface area contributed by atoms with E-state index in [4.69, 9.17) is 11.6 Å². The Kier molecular flexibility index (Phi) is 8.23. The van der Waals surface area contributed by atoms with E-state index in [9.17, 15) is 0 Å². The van der Waals surface area contributed by atoms with Gasteiger partial charge < -0.3 is 0 Å². The van der Waals surface area contributed by atoms with Crippen molar-refractivity contribution in [3.05, 3.63) is 19.0 Å². The fourth-order valence-corrected chi connectivity index (χ4v) is 2.13. The maximum Gasteiger partial charge on any atom is 0.185 e. The monoisotopic (exact) mass is 490 g/mol. The lowest BCUT2D eigenvalue weighted by molar-refractivity contribution is 0.525. The van der Waals surface area contributed by atoms with E-state index in [-0.39, 0.29) is 0 Å². The molecule has 0 N–H and O–H groups in total. The molecule has 0 aliphatic rings. The third-order valence-corrected chi connectivity index (χ3v) is 4.62. The van der Waals surface area contributed by atoms with Crippen molar-refractivity contribution in [2.24, 2.45) is 0 Å². The van der Waals surface area contributed by atoms with Crippen molar-refractivity contribution in [3.8, 4) is 0 Å². The summed E-state index contributed by atoms with van der Waals surface area (Å²) in [7, 11) is 0. The first-order valence-corrected chi connectivity index (χ1v) is 8.75. The van der Waals surface area contributed by atoms with Crippen LogP contribution in [-0.4, -0.2) is 30.0 Å². The van der Waals surface area contributed by atoms with Gasteiger partial charge in [0.2, 0.25) is 0 Å². The van der Waals surface area contributed by atoms with Crippen LogP contribution < -0.4 is 0 Å². The number of nitrogens with zero attached hydrogens (tertiary/aromatic N) is 6. The van der Waals surface area contributed by atoms with Crippen LogP contribution in [0.3, 0.4) is 0 Å². The molecule has 0 spiro atoms. The molecular formula is C10H14Br3ClN6. The van der Waals surface area contributed by atoms with Gasteiger partial charge in [0, 0.05) is 0 Å². The van der Waals surface area contributed by atoms with Gasteiger partial charge >= 0.3 is 0 Å². The minimum atomic E-state index is 0.424. The molecule has 0 aliphatic heterocycles. The molecule has 2 rings (SSSR count). The molecule has 0 amide bonds. The summed E-state index contributed by atoms with van der Waals surface area (Å²) in [5, 5.41) is 16.5. The van der Waals surface area contributed by atoms with Gasteiger partial charge in [-0.15, -0.1) is 20.4 Å². The quantitative estimate of drug-likeness (QED) is 0.637. The minimum absolute atomic E-state index is 0.424. The van der Waals surface area contributed by atoms with Crippen molar-refractivity contribution >= 4 is 59.4 Å². The summed E-state index contributed by atoms with van der Waals surface area (Å²) in [4.78, 5) is 3.24. The highest BCUT2D eigenvalue weighted by atomic mass is 79.9. The first-order valence-electron chi connectivity index (χ1n) is 6.00. The predicted molar refractivity (Wildman–Crippen MR) is 88.7 cm³/mol. The van der Waals surface area contributed by atoms with Gasteiger partial charge in [0.1, 0.15) is 0 Å². The summed E-state index contributed by atoms with van der Waals surface area (Å²) >= 11 is 15.3. The second-order valence-corrected chi connectivity index (χ2v) is 6.37. The Bertz CT molecular complexity index is 454. The molecule has 2 aromatic rings. The normalized spacial score (nSPS) is 10.3. The minimum Gasteiger partial charge on any atom is -0.183 e. The Morgan fingerprint density at radius 3 is 1.55 bits per heavy atom. The van der Waals surface area contributed by atoms with Gasteiger partial charge in [-0.25, -0.2) is 0 Å². The topological polar surface area (TPSA) is 61.4 Å². The van der Waals surface area contributed by atoms with Crippen LogP contribution in [0.2, 0.25) is 5.15 Å². The highest BCUT2D eigenvalue weighted by Crippen LogP contribution is 2.17. The Morgan fingerprint density at radius 2 is 1.20 bits per heavy atom. The van der Waals surface area contributed by atoms with Crippen LogP contribution in [0.5, 0.6) is 0 Å². The number of halogens is 4. The molecule has 0 atom stereocenters. The lowest BCUT2D eigenvalue weighted by atomic mass is 10.5. The number of hydrogen-bond donors (Lipinski definition) is 0. The molecule has 112 valence electrons. The molecule has 20 heavy (non-hydrogen) atoms. The fourth-order valence-electron chi connectivity index (χ4n) is 1.22. The van der Waals surface area contributed by atoms with E-state index >= 15 is 0 Å². The van der Waals surface area contributed by atoms with E-state index < -0.39 is 0 Å². The predicted octanol–water partition coefficient (Wildman–Crippen LogP) is 4.32. The Balaban J connectivity index is 0.000000200. The first kappa shape index (κ1) is 18.1. The largest absolute Gasteiger partial charge is 0.185 e. The number of aromatic nitrogens is 6. The van der Waals surface area contributed by atoms with E-state index in [1.807, 2.05) is 0 Å². The van der Waals surface area contributed by atoms with Gasteiger partial charge in [-0.05, 0) is 60.6 Å². The van der Waals surface area contributed by atoms with Crippen molar-refractivity contribution in [1.29, 1.82) is 0 Å². The molecule has 2 heterocycles. The van der Waals surface area contributed by atoms with Gasteiger partial charge in [0.05, 0.1) is 13.1 Å². The van der Waals surface area contributed by atoms with E-state index in [1.165, 1.54) is 0 Å². The molecule has 0 saturated carbocycles. The van der Waals surface area contributed by atoms with Gasteiger partial charge in [-0.3, -0.25) is 0 Å². The zero-order valence-electron chi connectivity index (χ0n) is 11.0. The second-order valence-electron chi connectivity index (χ2n) is 3.76. The van der Waals surface area contributed by atoms with E-state index in [1.54, 1.807) is 9.59 Å². The molecular weight excluding hydrogens is 479 g/mol. The Hall–Kier alpha value is 0.01000. The molecule has 6 nitrogen and oxygen atoms in total. The highest BCUT2D eigenvalue weighted by molar-refractivity contribution is 9.13. The lowest BCUT2D eigenvalue weighted by Gasteiger charge is -1.91. The smallest absolute Gasteiger partial charge is 0.183 e. The summed E-state index contributed by atoms with van der Waals surface area (Å²) in [6.45, 7) is 5.83. The molecule has 0 radical (unpaired) electrons. The molecule has 0 unspecified atom stereocenters. The van der Waals surface area contributed by atoms with Crippen LogP contribution in [-0.2, 0) is 13.1 Å². The van der Waals surface area contributed by atoms with Gasteiger partial charge in [-0.2, -0.15) is 9.59 Å². The second kappa shape index (κ2) is 9.11. The lowest BCUT2D eigenvalue weighted by Crippen LogP contribution is -2.00. The summed E-state index contributed by atoms with van der Waals surface area (Å²) < 4.78 is 2.14. The van der Waals surface area contributed by atoms with Crippen molar-refractivity contribution in [2.45, 2.75) is 39.8 Å². The van der Waals surface area contributed by atoms with Gasteiger partial charge in [-0.1, -0.05) is 25.4 Å². The average molecular weight is 493 g/mol. The van der Waals surface area contributed by atoms with E-state index in [0.717, 1.165) is 35.1 Å². The summed E-state index contributed by atoms with van der Waals surface area (Å²) in [5.74, 6) is 0. The van der Waals surface area contributed by atoms with Crippen LogP contribution in [0.15, 0.2) is 13.8 Å². The van der Waals surface area contributed by atoms with Gasteiger partial charge in [0.15, 0.2) is 19.0 Å². The maximum atomic E-state index is 5.62. The molecule has 0 bridgehead atoms. The molecule has 2 aromatic heterocycles. The zero-order valence-corrected chi connectivity index (χ0v) is 16.5. The highest BCUT2D eigenvalue weighted by Gasteiger charge is 2.03. The van der Waals surface area contributed by atoms with E-state index in [2.05, 4.69) is 82.0 Å². The fraction of sp³-hybridized carbons (Fsp3) is 0.600. The van der Waals surface area contributed by atoms with Crippen LogP contribution >= 0.6 is 59.4 Å². The summed E-state index contributed by atoms with van der Waals surface area (Å²) in [6, 6.07) is 0. The Morgan fingerprint density at radius 1 is 0.800 bits per heavy atom. The summed E-state index contributed by atoms with van der Waals surface area (Å²) in [6.07, 6.45) is 2.06. The van der Waals surface area contributed by atoms with Gasteiger partial charge in [0.25, 0.3) is 0 Å². The average Bonchev–Trinajstić information content (AvgIpc) is 2.85.